The molecule has 3 aromatic rings. The fraction of sp³-hybridized carbons (Fsp3) is 0.235. The summed E-state index contributed by atoms with van der Waals surface area (Å²) >= 11 is 0. The average molecular weight is 345 g/mol. The molecular weight excluding hydrogens is 331 g/mol. The molecule has 0 N–H and O–H groups in total. The molecule has 8 heteroatoms. The van der Waals surface area contributed by atoms with E-state index in [0.717, 1.165) is 0 Å². The first kappa shape index (κ1) is 15.6. The van der Waals surface area contributed by atoms with Gasteiger partial charge >= 0.3 is 0 Å². The second kappa shape index (κ2) is 6.19. The van der Waals surface area contributed by atoms with Crippen LogP contribution in [0, 0.1) is 17.5 Å². The van der Waals surface area contributed by atoms with Crippen molar-refractivity contribution in [2.24, 2.45) is 0 Å². The molecule has 0 aliphatic carbocycles. The van der Waals surface area contributed by atoms with Gasteiger partial charge in [0.2, 0.25) is 0 Å². The van der Waals surface area contributed by atoms with Crippen LogP contribution in [0.1, 0.15) is 17.2 Å². The van der Waals surface area contributed by atoms with E-state index < -0.39 is 17.5 Å². The molecule has 3 heterocycles. The highest BCUT2D eigenvalue weighted by molar-refractivity contribution is 5.39. The highest BCUT2D eigenvalue weighted by atomic mass is 19.1. The second-order valence-electron chi connectivity index (χ2n) is 5.82. The number of fused-ring (bicyclic) bond motifs is 1. The maximum Gasteiger partial charge on any atom is 0.152 e. The number of aromatic nitrogens is 4. The Morgan fingerprint density at radius 1 is 0.960 bits per heavy atom. The third-order valence-electron chi connectivity index (χ3n) is 4.26. The summed E-state index contributed by atoms with van der Waals surface area (Å²) in [7, 11) is 0. The molecule has 0 spiro atoms. The molecule has 1 aliphatic heterocycles. The summed E-state index contributed by atoms with van der Waals surface area (Å²) in [5.74, 6) is 0.279. The summed E-state index contributed by atoms with van der Waals surface area (Å²) < 4.78 is 42.6. The molecule has 0 atom stereocenters. The van der Waals surface area contributed by atoms with Crippen LogP contribution in [0.2, 0.25) is 0 Å². The number of pyridine rings is 1. The van der Waals surface area contributed by atoms with E-state index in [1.165, 1.54) is 30.5 Å². The number of benzene rings is 1. The Hall–Kier alpha value is -2.90. The fourth-order valence-corrected chi connectivity index (χ4v) is 2.96. The van der Waals surface area contributed by atoms with E-state index in [2.05, 4.69) is 15.2 Å². The zero-order chi connectivity index (χ0) is 17.4. The lowest BCUT2D eigenvalue weighted by atomic mass is 10.1. The van der Waals surface area contributed by atoms with E-state index in [9.17, 15) is 13.2 Å². The first-order valence-electron chi connectivity index (χ1n) is 7.82. The van der Waals surface area contributed by atoms with Gasteiger partial charge in [-0.05, 0) is 24.3 Å². The number of anilines is 1. The van der Waals surface area contributed by atoms with Crippen molar-refractivity contribution in [3.8, 4) is 0 Å². The molecule has 0 radical (unpaired) electrons. The lowest BCUT2D eigenvalue weighted by molar-refractivity contribution is 0.529. The van der Waals surface area contributed by atoms with Crippen molar-refractivity contribution in [2.45, 2.75) is 19.5 Å². The number of hydrogen-bond donors (Lipinski definition) is 0. The number of nitrogens with zero attached hydrogens (tertiary/aromatic N) is 5. The summed E-state index contributed by atoms with van der Waals surface area (Å²) in [5, 5.41) is 8.22. The third kappa shape index (κ3) is 2.95. The van der Waals surface area contributed by atoms with E-state index in [0.29, 0.717) is 37.1 Å². The van der Waals surface area contributed by atoms with Crippen LogP contribution in [0.5, 0.6) is 0 Å². The van der Waals surface area contributed by atoms with Gasteiger partial charge in [0, 0.05) is 25.1 Å². The lowest BCUT2D eigenvalue weighted by Crippen LogP contribution is -2.35. The third-order valence-corrected chi connectivity index (χ3v) is 4.26. The van der Waals surface area contributed by atoms with Crippen molar-refractivity contribution in [3.63, 3.8) is 0 Å². The van der Waals surface area contributed by atoms with Crippen LogP contribution in [0.4, 0.5) is 19.0 Å². The molecule has 0 saturated heterocycles. The first-order chi connectivity index (χ1) is 12.1. The van der Waals surface area contributed by atoms with Gasteiger partial charge in [-0.15, -0.1) is 10.2 Å². The topological polar surface area (TPSA) is 46.8 Å². The molecule has 0 fully saturated rings. The standard InChI is InChI=1S/C17H14F3N5/c18-11-4-5-15(21-9-11)24-6-7-25-16(22-23-17(25)10-24)8-12-13(19)2-1-3-14(12)20/h1-5,9H,6-8,10H2. The van der Waals surface area contributed by atoms with E-state index in [1.807, 2.05) is 9.47 Å². The highest BCUT2D eigenvalue weighted by Gasteiger charge is 2.23. The predicted molar refractivity (Wildman–Crippen MR) is 84.4 cm³/mol. The Bertz CT molecular complexity index is 887. The van der Waals surface area contributed by atoms with Gasteiger partial charge in [-0.1, -0.05) is 6.07 Å². The van der Waals surface area contributed by atoms with Crippen LogP contribution in [0.3, 0.4) is 0 Å². The van der Waals surface area contributed by atoms with E-state index in [1.54, 1.807) is 6.07 Å². The molecule has 25 heavy (non-hydrogen) atoms. The Morgan fingerprint density at radius 2 is 1.76 bits per heavy atom. The van der Waals surface area contributed by atoms with Crippen LogP contribution in [-0.4, -0.2) is 26.3 Å². The summed E-state index contributed by atoms with van der Waals surface area (Å²) in [4.78, 5) is 6.02. The van der Waals surface area contributed by atoms with Crippen molar-refractivity contribution in [1.29, 1.82) is 0 Å². The first-order valence-corrected chi connectivity index (χ1v) is 7.82. The van der Waals surface area contributed by atoms with E-state index in [-0.39, 0.29) is 12.0 Å². The summed E-state index contributed by atoms with van der Waals surface area (Å²) in [5.41, 5.74) is -0.0136. The molecule has 128 valence electrons. The Balaban J connectivity index is 1.57. The lowest BCUT2D eigenvalue weighted by Gasteiger charge is -2.28. The van der Waals surface area contributed by atoms with Crippen molar-refractivity contribution < 1.29 is 13.2 Å². The summed E-state index contributed by atoms with van der Waals surface area (Å²) in [6.45, 7) is 1.63. The van der Waals surface area contributed by atoms with Gasteiger partial charge < -0.3 is 9.47 Å². The predicted octanol–water partition coefficient (Wildman–Crippen LogP) is 2.70. The number of rotatable bonds is 3. The smallest absolute Gasteiger partial charge is 0.152 e. The fourth-order valence-electron chi connectivity index (χ4n) is 2.96. The van der Waals surface area contributed by atoms with Gasteiger partial charge in [0.1, 0.15) is 29.1 Å². The van der Waals surface area contributed by atoms with Gasteiger partial charge in [-0.3, -0.25) is 0 Å². The molecule has 4 rings (SSSR count). The summed E-state index contributed by atoms with van der Waals surface area (Å²) in [6, 6.07) is 6.76. The SMILES string of the molecule is Fc1ccc(N2CCn3c(Cc4c(F)cccc4F)nnc3C2)nc1. The van der Waals surface area contributed by atoms with Crippen LogP contribution in [-0.2, 0) is 19.5 Å². The van der Waals surface area contributed by atoms with Gasteiger partial charge in [0.15, 0.2) is 5.82 Å². The Labute approximate surface area is 141 Å². The van der Waals surface area contributed by atoms with Crippen LogP contribution in [0.15, 0.2) is 36.5 Å². The minimum absolute atomic E-state index is 0.0136. The Kier molecular flexibility index (Phi) is 3.87. The van der Waals surface area contributed by atoms with Gasteiger partial charge in [0.05, 0.1) is 12.7 Å². The van der Waals surface area contributed by atoms with E-state index in [4.69, 9.17) is 0 Å². The Morgan fingerprint density at radius 3 is 2.48 bits per heavy atom. The molecule has 0 amide bonds. The maximum atomic E-state index is 13.8. The molecule has 0 saturated carbocycles. The minimum atomic E-state index is -0.592. The molecule has 1 aromatic carbocycles. The second-order valence-corrected chi connectivity index (χ2v) is 5.82. The maximum absolute atomic E-state index is 13.8. The normalized spacial score (nSPS) is 13.8. The van der Waals surface area contributed by atoms with Gasteiger partial charge in [0.25, 0.3) is 0 Å². The highest BCUT2D eigenvalue weighted by Crippen LogP contribution is 2.21. The van der Waals surface area contributed by atoms with Crippen molar-refractivity contribution in [2.75, 3.05) is 11.4 Å². The monoisotopic (exact) mass is 345 g/mol. The quantitative estimate of drug-likeness (QED) is 0.732. The zero-order valence-corrected chi connectivity index (χ0v) is 13.2. The van der Waals surface area contributed by atoms with Crippen LogP contribution in [0.25, 0.3) is 0 Å². The van der Waals surface area contributed by atoms with Crippen molar-refractivity contribution in [3.05, 3.63) is 71.2 Å². The minimum Gasteiger partial charge on any atom is -0.347 e. The van der Waals surface area contributed by atoms with Crippen LogP contribution < -0.4 is 4.90 Å². The van der Waals surface area contributed by atoms with Crippen molar-refractivity contribution in [1.82, 2.24) is 19.7 Å². The van der Waals surface area contributed by atoms with E-state index >= 15 is 0 Å². The largest absolute Gasteiger partial charge is 0.347 e. The molecule has 2 aromatic heterocycles. The molecular formula is C17H14F3N5. The molecule has 0 unspecified atom stereocenters. The number of hydrogen-bond acceptors (Lipinski definition) is 4. The molecule has 1 aliphatic rings. The van der Waals surface area contributed by atoms with Gasteiger partial charge in [-0.25, -0.2) is 18.2 Å². The zero-order valence-electron chi connectivity index (χ0n) is 13.2. The molecule has 5 nitrogen and oxygen atoms in total. The molecule has 0 bridgehead atoms. The summed E-state index contributed by atoms with van der Waals surface area (Å²) in [6.07, 6.45) is 1.21. The average Bonchev–Trinajstić information content (AvgIpc) is 3.01. The van der Waals surface area contributed by atoms with Gasteiger partial charge in [-0.2, -0.15) is 0 Å². The van der Waals surface area contributed by atoms with Crippen LogP contribution >= 0.6 is 0 Å². The number of halogens is 3. The van der Waals surface area contributed by atoms with Crippen molar-refractivity contribution >= 4 is 5.82 Å².